The van der Waals surface area contributed by atoms with E-state index < -0.39 is 11.7 Å². The number of carbonyl (C=O) groups is 1. The molecule has 130 valence electrons. The van der Waals surface area contributed by atoms with Gasteiger partial charge in [0, 0.05) is 5.92 Å². The monoisotopic (exact) mass is 388 g/mol. The number of halogens is 5. The molecule has 0 saturated heterocycles. The van der Waals surface area contributed by atoms with Crippen molar-refractivity contribution in [3.05, 3.63) is 39.5 Å². The molecule has 0 bridgehead atoms. The maximum Gasteiger partial charge on any atom is 0.416 e. The summed E-state index contributed by atoms with van der Waals surface area (Å²) in [6.45, 7) is 0. The van der Waals surface area contributed by atoms with Crippen LogP contribution in [0.4, 0.5) is 19.0 Å². The number of amides is 1. The third kappa shape index (κ3) is 3.43. The molecule has 3 rings (SSSR count). The molecule has 0 spiro atoms. The molecule has 1 saturated carbocycles. The van der Waals surface area contributed by atoms with Crippen LogP contribution in [0.1, 0.15) is 24.0 Å². The number of alkyl halides is 3. The molecular formula is C15H9Cl2F3N4O. The highest BCUT2D eigenvalue weighted by Gasteiger charge is 2.34. The Morgan fingerprint density at radius 2 is 1.92 bits per heavy atom. The molecule has 1 fully saturated rings. The standard InChI is InChI=1S/C15H9Cl2F3N4O/c16-10-3-9(15(18,19)20)4-11(17)12(10)24-13(8(5-21)6-22-24)23-14(25)7-1-2-7/h3-4,6-7H,1-2H2,(H,23,25). The molecule has 1 N–H and O–H groups in total. The summed E-state index contributed by atoms with van der Waals surface area (Å²) in [5, 5.41) is 15.0. The largest absolute Gasteiger partial charge is 0.416 e. The van der Waals surface area contributed by atoms with Crippen molar-refractivity contribution in [2.75, 3.05) is 5.32 Å². The topological polar surface area (TPSA) is 70.7 Å². The predicted octanol–water partition coefficient (Wildman–Crippen LogP) is 4.42. The van der Waals surface area contributed by atoms with Crippen molar-refractivity contribution in [2.24, 2.45) is 5.92 Å². The van der Waals surface area contributed by atoms with Gasteiger partial charge in [0.15, 0.2) is 5.82 Å². The number of hydrogen-bond donors (Lipinski definition) is 1. The maximum atomic E-state index is 12.8. The SMILES string of the molecule is N#Cc1cnn(-c2c(Cl)cc(C(F)(F)F)cc2Cl)c1NC(=O)C1CC1. The first-order valence-electron chi connectivity index (χ1n) is 7.08. The second kappa shape index (κ2) is 6.24. The Balaban J connectivity index is 2.09. The number of aromatic nitrogens is 2. The van der Waals surface area contributed by atoms with Gasteiger partial charge < -0.3 is 5.32 Å². The second-order valence-electron chi connectivity index (χ2n) is 5.48. The molecule has 1 amide bonds. The van der Waals surface area contributed by atoms with E-state index in [9.17, 15) is 18.0 Å². The molecule has 0 atom stereocenters. The van der Waals surface area contributed by atoms with Gasteiger partial charge in [0.1, 0.15) is 17.3 Å². The Labute approximate surface area is 149 Å². The van der Waals surface area contributed by atoms with E-state index in [0.29, 0.717) is 12.1 Å². The van der Waals surface area contributed by atoms with Gasteiger partial charge in [-0.25, -0.2) is 4.68 Å². The Morgan fingerprint density at radius 1 is 1.32 bits per heavy atom. The predicted molar refractivity (Wildman–Crippen MR) is 84.7 cm³/mol. The van der Waals surface area contributed by atoms with Gasteiger partial charge in [0.05, 0.1) is 21.8 Å². The van der Waals surface area contributed by atoms with Gasteiger partial charge in [-0.3, -0.25) is 4.79 Å². The number of hydrogen-bond acceptors (Lipinski definition) is 3. The molecule has 1 heterocycles. The average molecular weight is 389 g/mol. The summed E-state index contributed by atoms with van der Waals surface area (Å²) in [6, 6.07) is 3.28. The van der Waals surface area contributed by atoms with Crippen molar-refractivity contribution in [3.63, 3.8) is 0 Å². The molecule has 5 nitrogen and oxygen atoms in total. The van der Waals surface area contributed by atoms with E-state index in [2.05, 4.69) is 10.4 Å². The molecule has 25 heavy (non-hydrogen) atoms. The van der Waals surface area contributed by atoms with Gasteiger partial charge in [0.2, 0.25) is 5.91 Å². The van der Waals surface area contributed by atoms with E-state index in [0.717, 1.165) is 17.5 Å². The number of benzene rings is 1. The van der Waals surface area contributed by atoms with Crippen LogP contribution >= 0.6 is 23.2 Å². The van der Waals surface area contributed by atoms with Crippen LogP contribution in [-0.4, -0.2) is 15.7 Å². The number of nitriles is 1. The van der Waals surface area contributed by atoms with Crippen molar-refractivity contribution >= 4 is 34.9 Å². The first-order chi connectivity index (χ1) is 11.7. The highest BCUT2D eigenvalue weighted by Crippen LogP contribution is 2.39. The Hall–Kier alpha value is -2.24. The van der Waals surface area contributed by atoms with Crippen LogP contribution in [0.5, 0.6) is 0 Å². The van der Waals surface area contributed by atoms with Crippen LogP contribution in [0.3, 0.4) is 0 Å². The minimum Gasteiger partial charge on any atom is -0.309 e. The van der Waals surface area contributed by atoms with Gasteiger partial charge in [-0.05, 0) is 25.0 Å². The van der Waals surface area contributed by atoms with Gasteiger partial charge in [-0.1, -0.05) is 23.2 Å². The van der Waals surface area contributed by atoms with Crippen molar-refractivity contribution in [2.45, 2.75) is 19.0 Å². The number of carbonyl (C=O) groups excluding carboxylic acids is 1. The maximum absolute atomic E-state index is 12.8. The van der Waals surface area contributed by atoms with Crippen molar-refractivity contribution < 1.29 is 18.0 Å². The van der Waals surface area contributed by atoms with Gasteiger partial charge in [-0.2, -0.15) is 23.5 Å². The summed E-state index contributed by atoms with van der Waals surface area (Å²) in [7, 11) is 0. The van der Waals surface area contributed by atoms with Crippen LogP contribution in [0.2, 0.25) is 10.0 Å². The second-order valence-corrected chi connectivity index (χ2v) is 6.29. The zero-order chi connectivity index (χ0) is 18.4. The molecule has 1 aliphatic carbocycles. The minimum absolute atomic E-state index is 0.0166. The zero-order valence-corrected chi connectivity index (χ0v) is 13.9. The highest BCUT2D eigenvalue weighted by molar-refractivity contribution is 6.38. The van der Waals surface area contributed by atoms with E-state index in [-0.39, 0.29) is 38.9 Å². The van der Waals surface area contributed by atoms with Crippen LogP contribution < -0.4 is 5.32 Å². The highest BCUT2D eigenvalue weighted by atomic mass is 35.5. The smallest absolute Gasteiger partial charge is 0.309 e. The molecule has 2 aromatic rings. The van der Waals surface area contributed by atoms with Gasteiger partial charge in [-0.15, -0.1) is 0 Å². The Kier molecular flexibility index (Phi) is 4.39. The van der Waals surface area contributed by atoms with E-state index in [1.807, 2.05) is 6.07 Å². The Bertz CT molecular complexity index is 874. The van der Waals surface area contributed by atoms with Crippen molar-refractivity contribution in [1.29, 1.82) is 5.26 Å². The number of nitrogens with one attached hydrogen (secondary N) is 1. The molecule has 0 aliphatic heterocycles. The summed E-state index contributed by atoms with van der Waals surface area (Å²) in [4.78, 5) is 12.0. The molecule has 0 unspecified atom stereocenters. The number of rotatable bonds is 3. The lowest BCUT2D eigenvalue weighted by Crippen LogP contribution is -2.17. The first-order valence-corrected chi connectivity index (χ1v) is 7.83. The van der Waals surface area contributed by atoms with E-state index >= 15 is 0 Å². The number of anilines is 1. The first kappa shape index (κ1) is 17.6. The fourth-order valence-corrected chi connectivity index (χ4v) is 2.86. The van der Waals surface area contributed by atoms with E-state index in [1.165, 1.54) is 6.20 Å². The molecule has 1 aliphatic rings. The average Bonchev–Trinajstić information content (AvgIpc) is 3.30. The fraction of sp³-hybridized carbons (Fsp3) is 0.267. The van der Waals surface area contributed by atoms with Crippen molar-refractivity contribution in [1.82, 2.24) is 9.78 Å². The number of nitrogens with zero attached hydrogens (tertiary/aromatic N) is 3. The summed E-state index contributed by atoms with van der Waals surface area (Å²) < 4.78 is 39.6. The molecule has 10 heteroatoms. The van der Waals surface area contributed by atoms with E-state index in [1.54, 1.807) is 0 Å². The fourth-order valence-electron chi connectivity index (χ4n) is 2.22. The summed E-state index contributed by atoms with van der Waals surface area (Å²) in [5.41, 5.74) is -1.02. The lowest BCUT2D eigenvalue weighted by atomic mass is 10.2. The third-order valence-corrected chi connectivity index (χ3v) is 4.21. The summed E-state index contributed by atoms with van der Waals surface area (Å²) in [6.07, 6.45) is -1.96. The summed E-state index contributed by atoms with van der Waals surface area (Å²) in [5.74, 6) is -0.422. The van der Waals surface area contributed by atoms with Crippen LogP contribution in [0.15, 0.2) is 18.3 Å². The Morgan fingerprint density at radius 3 is 2.40 bits per heavy atom. The van der Waals surface area contributed by atoms with Crippen LogP contribution in [0, 0.1) is 17.2 Å². The van der Waals surface area contributed by atoms with Gasteiger partial charge in [0.25, 0.3) is 0 Å². The quantitative estimate of drug-likeness (QED) is 0.845. The molecule has 1 aromatic carbocycles. The van der Waals surface area contributed by atoms with Gasteiger partial charge >= 0.3 is 6.18 Å². The molecular weight excluding hydrogens is 380 g/mol. The lowest BCUT2D eigenvalue weighted by molar-refractivity contribution is -0.137. The third-order valence-electron chi connectivity index (χ3n) is 3.64. The summed E-state index contributed by atoms with van der Waals surface area (Å²) >= 11 is 11.9. The van der Waals surface area contributed by atoms with Crippen molar-refractivity contribution in [3.8, 4) is 11.8 Å². The van der Waals surface area contributed by atoms with Crippen LogP contribution in [0.25, 0.3) is 5.69 Å². The van der Waals surface area contributed by atoms with Crippen LogP contribution in [-0.2, 0) is 11.0 Å². The molecule has 0 radical (unpaired) electrons. The normalized spacial score (nSPS) is 14.2. The lowest BCUT2D eigenvalue weighted by Gasteiger charge is -2.15. The zero-order valence-electron chi connectivity index (χ0n) is 12.4. The van der Waals surface area contributed by atoms with E-state index in [4.69, 9.17) is 28.5 Å². The minimum atomic E-state index is -4.61. The molecule has 1 aromatic heterocycles.